The zero-order chi connectivity index (χ0) is 23.0. The van der Waals surface area contributed by atoms with Crippen LogP contribution in [0.4, 0.5) is 19.3 Å². The third-order valence-corrected chi connectivity index (χ3v) is 8.16. The van der Waals surface area contributed by atoms with Crippen LogP contribution in [0.5, 0.6) is 0 Å². The van der Waals surface area contributed by atoms with Crippen LogP contribution in [0.15, 0.2) is 17.2 Å². The maximum absolute atomic E-state index is 13.1. The smallest absolute Gasteiger partial charge is 0.321 e. The van der Waals surface area contributed by atoms with Crippen molar-refractivity contribution in [1.82, 2.24) is 29.2 Å². The fraction of sp³-hybridized carbons (Fsp3) is 0.444. The molecule has 0 aromatic carbocycles. The van der Waals surface area contributed by atoms with E-state index < -0.39 is 27.0 Å². The second kappa shape index (κ2) is 6.89. The molecule has 0 atom stereocenters. The monoisotopic (exact) mass is 483 g/mol. The Hall–Kier alpha value is -2.71. The summed E-state index contributed by atoms with van der Waals surface area (Å²) < 4.78 is 56.6. The van der Waals surface area contributed by atoms with Gasteiger partial charge < -0.3 is 4.90 Å². The number of anilines is 1. The molecule has 1 aliphatic heterocycles. The van der Waals surface area contributed by atoms with Crippen LogP contribution < -0.4 is 9.62 Å². The minimum Gasteiger partial charge on any atom is -0.321 e. The minimum absolute atomic E-state index is 0.0684. The highest BCUT2D eigenvalue weighted by atomic mass is 32.2. The zero-order valence-electron chi connectivity index (χ0n) is 17.3. The highest BCUT2D eigenvalue weighted by molar-refractivity contribution is 7.89. The van der Waals surface area contributed by atoms with Gasteiger partial charge in [0.1, 0.15) is 4.90 Å². The summed E-state index contributed by atoms with van der Waals surface area (Å²) in [6.45, 7) is 1.97. The lowest BCUT2D eigenvalue weighted by Crippen LogP contribution is -2.37. The summed E-state index contributed by atoms with van der Waals surface area (Å²) in [4.78, 5) is 20.0. The number of nitrogens with one attached hydrogen (secondary N) is 1. The fourth-order valence-corrected chi connectivity index (χ4v) is 5.81. The number of aromatic nitrogens is 4. The van der Waals surface area contributed by atoms with Crippen molar-refractivity contribution in [3.8, 4) is 10.8 Å². The number of amides is 2. The molecule has 1 aliphatic carbocycles. The number of hydrogen-bond acceptors (Lipinski definition) is 7. The number of rotatable bonds is 5. The van der Waals surface area contributed by atoms with Gasteiger partial charge in [-0.2, -0.15) is 0 Å². The van der Waals surface area contributed by atoms with Gasteiger partial charge in [-0.25, -0.2) is 31.7 Å². The van der Waals surface area contributed by atoms with Crippen molar-refractivity contribution in [2.75, 3.05) is 19.0 Å². The van der Waals surface area contributed by atoms with E-state index in [1.165, 1.54) is 26.5 Å². The van der Waals surface area contributed by atoms with Gasteiger partial charge in [0.15, 0.2) is 15.8 Å². The zero-order valence-corrected chi connectivity index (χ0v) is 19.0. The van der Waals surface area contributed by atoms with Gasteiger partial charge >= 0.3 is 6.03 Å². The van der Waals surface area contributed by atoms with Crippen molar-refractivity contribution >= 4 is 38.6 Å². The largest absolute Gasteiger partial charge is 0.324 e. The lowest BCUT2D eigenvalue weighted by Gasteiger charge is -2.22. The van der Waals surface area contributed by atoms with E-state index in [2.05, 4.69) is 19.9 Å². The molecule has 10 nitrogen and oxygen atoms in total. The molecule has 0 spiro atoms. The first-order valence-corrected chi connectivity index (χ1v) is 12.0. The van der Waals surface area contributed by atoms with Crippen LogP contribution in [0.2, 0.25) is 0 Å². The number of urea groups is 1. The maximum atomic E-state index is 13.1. The molecule has 170 valence electrons. The van der Waals surface area contributed by atoms with Crippen molar-refractivity contribution in [3.05, 3.63) is 23.0 Å². The fourth-order valence-electron chi connectivity index (χ4n) is 3.65. The second-order valence-electron chi connectivity index (χ2n) is 8.27. The van der Waals surface area contributed by atoms with Gasteiger partial charge in [-0.15, -0.1) is 10.2 Å². The second-order valence-corrected chi connectivity index (χ2v) is 11.0. The third kappa shape index (κ3) is 3.33. The van der Waals surface area contributed by atoms with Gasteiger partial charge in [-0.1, -0.05) is 11.3 Å². The molecule has 0 saturated heterocycles. The lowest BCUT2D eigenvalue weighted by molar-refractivity contribution is 0.150. The summed E-state index contributed by atoms with van der Waals surface area (Å²) >= 11 is 0.685. The third-order valence-electron chi connectivity index (χ3n) is 5.63. The van der Waals surface area contributed by atoms with Crippen LogP contribution >= 0.6 is 11.3 Å². The van der Waals surface area contributed by atoms with Crippen molar-refractivity contribution in [2.24, 2.45) is 0 Å². The molecule has 3 aromatic rings. The maximum Gasteiger partial charge on any atom is 0.324 e. The van der Waals surface area contributed by atoms with Gasteiger partial charge in [0.25, 0.3) is 6.43 Å². The molecule has 1 fully saturated rings. The SMILES string of the molecule is CN1Cc2nc(-c3nnc(C(F)F)s3)n3cc(S(=O)(=O)NC4(C)CC4)cc(c23)N(C)C1=O. The van der Waals surface area contributed by atoms with E-state index in [-0.39, 0.29) is 28.3 Å². The molecule has 0 radical (unpaired) electrons. The summed E-state index contributed by atoms with van der Waals surface area (Å²) in [5.74, 6) is 0.187. The van der Waals surface area contributed by atoms with Crippen LogP contribution in [-0.4, -0.2) is 58.6 Å². The molecule has 1 N–H and O–H groups in total. The van der Waals surface area contributed by atoms with E-state index in [4.69, 9.17) is 0 Å². The summed E-state index contributed by atoms with van der Waals surface area (Å²) in [6.07, 6.45) is 0.0557. The van der Waals surface area contributed by atoms with Crippen LogP contribution in [0.1, 0.15) is 36.9 Å². The molecule has 2 aliphatic rings. The van der Waals surface area contributed by atoms with Crippen molar-refractivity contribution in [1.29, 1.82) is 0 Å². The first kappa shape index (κ1) is 21.2. The molecule has 14 heteroatoms. The molecule has 0 bridgehead atoms. The topological polar surface area (TPSA) is 113 Å². The minimum atomic E-state index is -3.92. The molecule has 3 aromatic heterocycles. The predicted octanol–water partition coefficient (Wildman–Crippen LogP) is 2.62. The summed E-state index contributed by atoms with van der Waals surface area (Å²) in [7, 11) is -0.779. The summed E-state index contributed by atoms with van der Waals surface area (Å²) in [5, 5.41) is 7.03. The molecular weight excluding hydrogens is 464 g/mol. The first-order valence-electron chi connectivity index (χ1n) is 9.69. The van der Waals surface area contributed by atoms with Crippen LogP contribution in [0.25, 0.3) is 16.3 Å². The lowest BCUT2D eigenvalue weighted by atomic mass is 10.2. The van der Waals surface area contributed by atoms with E-state index >= 15 is 0 Å². The Morgan fingerprint density at radius 3 is 2.59 bits per heavy atom. The number of nitrogens with zero attached hydrogens (tertiary/aromatic N) is 6. The van der Waals surface area contributed by atoms with Crippen LogP contribution in [0.3, 0.4) is 0 Å². The molecule has 5 rings (SSSR count). The highest BCUT2D eigenvalue weighted by Crippen LogP contribution is 2.39. The quantitative estimate of drug-likeness (QED) is 0.597. The Bertz CT molecular complexity index is 1360. The Balaban J connectivity index is 1.76. The van der Waals surface area contributed by atoms with Crippen molar-refractivity contribution in [3.63, 3.8) is 0 Å². The van der Waals surface area contributed by atoms with Gasteiger partial charge in [-0.05, 0) is 25.8 Å². The number of hydrogen-bond donors (Lipinski definition) is 1. The number of carbonyl (C=O) groups excluding carboxylic acids is 1. The Morgan fingerprint density at radius 2 is 1.97 bits per heavy atom. The standard InChI is InChI=1S/C18H19F2N7O3S2/c1-18(4-5-18)24-32(29,30)9-6-11-12-10(8-25(2)17(28)26(11)3)21-14(27(12)7-9)16-23-22-15(31-16)13(19)20/h6-7,13,24H,4-5,8H2,1-3H3. The normalized spacial score (nSPS) is 18.0. The number of pyridine rings is 1. The Kier molecular flexibility index (Phi) is 4.56. The Morgan fingerprint density at radius 1 is 1.25 bits per heavy atom. The number of halogens is 2. The number of carbonyl (C=O) groups is 1. The molecule has 2 amide bonds. The van der Waals surface area contributed by atoms with Gasteiger partial charge in [-0.3, -0.25) is 9.30 Å². The summed E-state index contributed by atoms with van der Waals surface area (Å²) in [5.41, 5.74) is 0.842. The highest BCUT2D eigenvalue weighted by Gasteiger charge is 2.42. The Labute approximate surface area is 185 Å². The summed E-state index contributed by atoms with van der Waals surface area (Å²) in [6, 6.07) is 1.10. The van der Waals surface area contributed by atoms with E-state index in [1.54, 1.807) is 14.1 Å². The molecule has 4 heterocycles. The average Bonchev–Trinajstić information content (AvgIpc) is 3.15. The van der Waals surface area contributed by atoms with Crippen LogP contribution in [0, 0.1) is 0 Å². The van der Waals surface area contributed by atoms with Gasteiger partial charge in [0.05, 0.1) is 23.4 Å². The molecular formula is C18H19F2N7O3S2. The average molecular weight is 484 g/mol. The molecule has 0 unspecified atom stereocenters. The van der Waals surface area contributed by atoms with E-state index in [0.29, 0.717) is 28.2 Å². The van der Waals surface area contributed by atoms with E-state index in [9.17, 15) is 22.0 Å². The van der Waals surface area contributed by atoms with E-state index in [0.717, 1.165) is 12.8 Å². The van der Waals surface area contributed by atoms with Gasteiger partial charge in [0.2, 0.25) is 10.0 Å². The van der Waals surface area contributed by atoms with E-state index in [1.807, 2.05) is 6.92 Å². The number of alkyl halides is 2. The van der Waals surface area contributed by atoms with Gasteiger partial charge in [0, 0.05) is 25.8 Å². The first-order chi connectivity index (χ1) is 15.0. The predicted molar refractivity (Wildman–Crippen MR) is 112 cm³/mol. The molecule has 1 saturated carbocycles. The number of sulfonamides is 1. The van der Waals surface area contributed by atoms with Crippen molar-refractivity contribution < 1.29 is 22.0 Å². The van der Waals surface area contributed by atoms with Crippen LogP contribution in [-0.2, 0) is 16.6 Å². The van der Waals surface area contributed by atoms with Crippen molar-refractivity contribution in [2.45, 2.75) is 43.2 Å². The number of imidazole rings is 1. The molecule has 32 heavy (non-hydrogen) atoms.